The van der Waals surface area contributed by atoms with Crippen molar-refractivity contribution >= 4 is 23.5 Å². The highest BCUT2D eigenvalue weighted by Gasteiger charge is 2.28. The molecule has 0 atom stereocenters. The fourth-order valence-corrected chi connectivity index (χ4v) is 2.10. The van der Waals surface area contributed by atoms with Crippen LogP contribution in [0.5, 0.6) is 0 Å². The van der Waals surface area contributed by atoms with Crippen LogP contribution in [-0.4, -0.2) is 10.9 Å². The van der Waals surface area contributed by atoms with Gasteiger partial charge in [0.1, 0.15) is 5.76 Å². The molecule has 0 aliphatic carbocycles. The normalized spacial score (nSPS) is 14.8. The molecular weight excluding hydrogens is 296 g/mol. The summed E-state index contributed by atoms with van der Waals surface area (Å²) in [5.74, 6) is -2.61. The van der Waals surface area contributed by atoms with Crippen LogP contribution >= 0.6 is 0 Å². The van der Waals surface area contributed by atoms with E-state index in [0.29, 0.717) is 11.1 Å². The van der Waals surface area contributed by atoms with Gasteiger partial charge in [-0.05, 0) is 29.8 Å². The molecule has 5 nitrogen and oxygen atoms in total. The third kappa shape index (κ3) is 2.32. The Morgan fingerprint density at radius 1 is 1.05 bits per heavy atom. The van der Waals surface area contributed by atoms with E-state index in [-0.39, 0.29) is 17.0 Å². The number of fused-ring (bicyclic) bond motifs is 1. The van der Waals surface area contributed by atoms with Crippen LogP contribution in [0.15, 0.2) is 36.4 Å². The van der Waals surface area contributed by atoms with Crippen LogP contribution < -0.4 is 0 Å². The van der Waals surface area contributed by atoms with E-state index in [1.165, 1.54) is 24.3 Å². The van der Waals surface area contributed by atoms with Crippen LogP contribution in [0.1, 0.15) is 21.5 Å². The highest BCUT2D eigenvalue weighted by Crippen LogP contribution is 2.33. The summed E-state index contributed by atoms with van der Waals surface area (Å²) in [5.41, 5.74) is 0.487. The van der Waals surface area contributed by atoms with Gasteiger partial charge in [0, 0.05) is 17.7 Å². The highest BCUT2D eigenvalue weighted by atomic mass is 19.2. The molecule has 0 fully saturated rings. The number of esters is 1. The summed E-state index contributed by atoms with van der Waals surface area (Å²) in [6.07, 6.45) is 1.36. The molecule has 0 radical (unpaired) electrons. The maximum absolute atomic E-state index is 13.2. The molecule has 0 saturated carbocycles. The highest BCUT2D eigenvalue weighted by molar-refractivity contribution is 6.06. The predicted molar refractivity (Wildman–Crippen MR) is 72.7 cm³/mol. The summed E-state index contributed by atoms with van der Waals surface area (Å²) in [6, 6.07) is 6.96. The first kappa shape index (κ1) is 13.9. The van der Waals surface area contributed by atoms with Gasteiger partial charge in [0.05, 0.1) is 10.5 Å². The van der Waals surface area contributed by atoms with E-state index in [4.69, 9.17) is 4.74 Å². The second-order valence-corrected chi connectivity index (χ2v) is 4.56. The SMILES string of the molecule is O=C1O/C(=C\c2ccc(F)c(F)c2)c2ccc([N+](=O)[O-])cc21. The minimum atomic E-state index is -1.03. The number of hydrogen-bond acceptors (Lipinski definition) is 4. The average Bonchev–Trinajstić information content (AvgIpc) is 2.79. The van der Waals surface area contributed by atoms with Gasteiger partial charge in [-0.15, -0.1) is 0 Å². The summed E-state index contributed by atoms with van der Waals surface area (Å²) < 4.78 is 31.1. The van der Waals surface area contributed by atoms with E-state index in [9.17, 15) is 23.7 Å². The van der Waals surface area contributed by atoms with Crippen molar-refractivity contribution in [3.63, 3.8) is 0 Å². The zero-order chi connectivity index (χ0) is 15.9. The van der Waals surface area contributed by atoms with Crippen molar-refractivity contribution < 1.29 is 23.2 Å². The van der Waals surface area contributed by atoms with Crippen LogP contribution in [0.4, 0.5) is 14.5 Å². The number of non-ortho nitro benzene ring substituents is 1. The summed E-state index contributed by atoms with van der Waals surface area (Å²) in [4.78, 5) is 21.8. The number of carbonyl (C=O) groups is 1. The van der Waals surface area contributed by atoms with Gasteiger partial charge in [0.15, 0.2) is 11.6 Å². The second kappa shape index (κ2) is 5.03. The van der Waals surface area contributed by atoms with Gasteiger partial charge in [-0.25, -0.2) is 13.6 Å². The van der Waals surface area contributed by atoms with E-state index < -0.39 is 22.5 Å². The topological polar surface area (TPSA) is 69.4 Å². The fraction of sp³-hybridized carbons (Fsp3) is 0. The molecule has 0 spiro atoms. The van der Waals surface area contributed by atoms with Crippen LogP contribution in [0.3, 0.4) is 0 Å². The smallest absolute Gasteiger partial charge is 0.344 e. The summed E-state index contributed by atoms with van der Waals surface area (Å²) in [7, 11) is 0. The molecule has 3 rings (SSSR count). The first-order chi connectivity index (χ1) is 10.5. The van der Waals surface area contributed by atoms with Gasteiger partial charge < -0.3 is 4.74 Å². The van der Waals surface area contributed by atoms with Gasteiger partial charge in [-0.3, -0.25) is 10.1 Å². The average molecular weight is 303 g/mol. The van der Waals surface area contributed by atoms with Gasteiger partial charge in [-0.2, -0.15) is 0 Å². The van der Waals surface area contributed by atoms with Crippen LogP contribution in [0.25, 0.3) is 11.8 Å². The molecular formula is C15H7F2NO4. The number of nitro groups is 1. The summed E-state index contributed by atoms with van der Waals surface area (Å²) in [5, 5.41) is 10.7. The lowest BCUT2D eigenvalue weighted by atomic mass is 10.1. The van der Waals surface area contributed by atoms with Crippen molar-refractivity contribution in [1.82, 2.24) is 0 Å². The molecule has 0 bridgehead atoms. The van der Waals surface area contributed by atoms with Crippen molar-refractivity contribution in [2.24, 2.45) is 0 Å². The largest absolute Gasteiger partial charge is 0.422 e. The zero-order valence-electron chi connectivity index (χ0n) is 10.9. The Morgan fingerprint density at radius 3 is 2.50 bits per heavy atom. The van der Waals surface area contributed by atoms with Crippen LogP contribution in [-0.2, 0) is 4.74 Å². The Hall–Kier alpha value is -3.09. The number of ether oxygens (including phenoxy) is 1. The maximum atomic E-state index is 13.2. The third-order valence-electron chi connectivity index (χ3n) is 3.14. The second-order valence-electron chi connectivity index (χ2n) is 4.56. The van der Waals surface area contributed by atoms with E-state index in [1.807, 2.05) is 0 Å². The Kier molecular flexibility index (Phi) is 3.17. The minimum Gasteiger partial charge on any atom is -0.422 e. The summed E-state index contributed by atoms with van der Waals surface area (Å²) in [6.45, 7) is 0. The van der Waals surface area contributed by atoms with E-state index >= 15 is 0 Å². The van der Waals surface area contributed by atoms with Crippen molar-refractivity contribution in [3.05, 3.63) is 74.8 Å². The lowest BCUT2D eigenvalue weighted by Crippen LogP contribution is -1.95. The van der Waals surface area contributed by atoms with Crippen LogP contribution in [0.2, 0.25) is 0 Å². The van der Waals surface area contributed by atoms with Gasteiger partial charge >= 0.3 is 5.97 Å². The molecule has 0 amide bonds. The van der Waals surface area contributed by atoms with Gasteiger partial charge in [-0.1, -0.05) is 6.07 Å². The van der Waals surface area contributed by atoms with E-state index in [0.717, 1.165) is 18.2 Å². The number of rotatable bonds is 2. The van der Waals surface area contributed by atoms with E-state index in [1.54, 1.807) is 0 Å². The van der Waals surface area contributed by atoms with Crippen LogP contribution in [0, 0.1) is 21.7 Å². The van der Waals surface area contributed by atoms with Crippen molar-refractivity contribution in [2.75, 3.05) is 0 Å². The van der Waals surface area contributed by atoms with Gasteiger partial charge in [0.25, 0.3) is 5.69 Å². The maximum Gasteiger partial charge on any atom is 0.344 e. The van der Waals surface area contributed by atoms with Gasteiger partial charge in [0.2, 0.25) is 0 Å². The third-order valence-corrected chi connectivity index (χ3v) is 3.14. The quantitative estimate of drug-likeness (QED) is 0.483. The molecule has 0 aromatic heterocycles. The molecule has 2 aromatic rings. The zero-order valence-corrected chi connectivity index (χ0v) is 10.9. The first-order valence-corrected chi connectivity index (χ1v) is 6.13. The molecule has 0 saturated heterocycles. The predicted octanol–water partition coefficient (Wildman–Crippen LogP) is 3.54. The Balaban J connectivity index is 2.05. The number of halogens is 2. The fourth-order valence-electron chi connectivity index (χ4n) is 2.10. The lowest BCUT2D eigenvalue weighted by molar-refractivity contribution is -0.384. The summed E-state index contributed by atoms with van der Waals surface area (Å²) >= 11 is 0. The number of benzene rings is 2. The van der Waals surface area contributed by atoms with Crippen molar-refractivity contribution in [1.29, 1.82) is 0 Å². The number of carbonyl (C=O) groups excluding carboxylic acids is 1. The Bertz CT molecular complexity index is 845. The molecule has 22 heavy (non-hydrogen) atoms. The molecule has 2 aromatic carbocycles. The standard InChI is InChI=1S/C15H7F2NO4/c16-12-4-1-8(5-13(12)17)6-14-10-3-2-9(18(20)21)7-11(10)15(19)22-14/h1-7H/b14-6-. The molecule has 110 valence electrons. The number of nitro benzene ring substituents is 1. The van der Waals surface area contributed by atoms with Crippen molar-refractivity contribution in [3.8, 4) is 0 Å². The molecule has 1 heterocycles. The molecule has 0 unspecified atom stereocenters. The minimum absolute atomic E-state index is 0.0584. The Labute approximate surface area is 122 Å². The van der Waals surface area contributed by atoms with Crippen molar-refractivity contribution in [2.45, 2.75) is 0 Å². The van der Waals surface area contributed by atoms with E-state index in [2.05, 4.69) is 0 Å². The number of nitrogens with zero attached hydrogens (tertiary/aromatic N) is 1. The first-order valence-electron chi connectivity index (χ1n) is 6.13. The number of cyclic esters (lactones) is 1. The monoisotopic (exact) mass is 303 g/mol. The molecule has 1 aliphatic heterocycles. The lowest BCUT2D eigenvalue weighted by Gasteiger charge is -2.00. The Morgan fingerprint density at radius 2 is 1.82 bits per heavy atom. The molecule has 1 aliphatic rings. The number of hydrogen-bond donors (Lipinski definition) is 0. The molecule has 0 N–H and O–H groups in total. The molecule has 7 heteroatoms.